The summed E-state index contributed by atoms with van der Waals surface area (Å²) < 4.78 is 0. The fourth-order valence-electron chi connectivity index (χ4n) is 3.69. The number of hydrogen-bond acceptors (Lipinski definition) is 5. The molecule has 3 heterocycles. The lowest BCUT2D eigenvalue weighted by Gasteiger charge is -2.34. The first kappa shape index (κ1) is 15.2. The smallest absolute Gasteiger partial charge is 0.268 e. The molecule has 24 heavy (non-hydrogen) atoms. The Kier molecular flexibility index (Phi) is 3.36. The monoisotopic (exact) mass is 324 g/mol. The third-order valence-electron chi connectivity index (χ3n) is 5.49. The van der Waals surface area contributed by atoms with E-state index in [2.05, 4.69) is 20.9 Å². The van der Waals surface area contributed by atoms with Crippen molar-refractivity contribution in [3.05, 3.63) is 33.7 Å². The zero-order valence-electron chi connectivity index (χ0n) is 13.7. The molecular formula is C18H20N4O2. The molecule has 1 atom stereocenters. The average Bonchev–Trinajstić information content (AvgIpc) is 3.33. The lowest BCUT2D eigenvalue weighted by Crippen LogP contribution is -2.36. The van der Waals surface area contributed by atoms with E-state index in [1.165, 1.54) is 12.8 Å². The topological polar surface area (TPSA) is 93.0 Å². The molecule has 1 saturated heterocycles. The minimum absolute atomic E-state index is 0.115. The van der Waals surface area contributed by atoms with E-state index >= 15 is 0 Å². The molecule has 2 aromatic rings. The predicted molar refractivity (Wildman–Crippen MR) is 90.8 cm³/mol. The molecule has 0 radical (unpaired) electrons. The zero-order valence-corrected chi connectivity index (χ0v) is 13.7. The van der Waals surface area contributed by atoms with Gasteiger partial charge in [-0.25, -0.2) is 4.98 Å². The van der Waals surface area contributed by atoms with Crippen molar-refractivity contribution in [3.63, 3.8) is 0 Å². The fourth-order valence-corrected chi connectivity index (χ4v) is 3.69. The van der Waals surface area contributed by atoms with Crippen LogP contribution in [-0.2, 0) is 0 Å². The molecule has 2 aromatic heterocycles. The van der Waals surface area contributed by atoms with E-state index in [0.717, 1.165) is 25.9 Å². The van der Waals surface area contributed by atoms with Gasteiger partial charge in [0.15, 0.2) is 0 Å². The van der Waals surface area contributed by atoms with Crippen molar-refractivity contribution in [1.29, 1.82) is 5.26 Å². The first-order valence-corrected chi connectivity index (χ1v) is 8.43. The van der Waals surface area contributed by atoms with Crippen molar-refractivity contribution in [1.82, 2.24) is 9.97 Å². The maximum atomic E-state index is 12.3. The molecule has 2 N–H and O–H groups in total. The molecule has 4 rings (SSSR count). The Morgan fingerprint density at radius 3 is 2.62 bits per heavy atom. The predicted octanol–water partition coefficient (Wildman–Crippen LogP) is 2.23. The molecule has 0 bridgehead atoms. The van der Waals surface area contributed by atoms with Gasteiger partial charge in [-0.05, 0) is 50.2 Å². The maximum Gasteiger partial charge on any atom is 0.268 e. The van der Waals surface area contributed by atoms with Crippen LogP contribution in [0, 0.1) is 16.7 Å². The highest BCUT2D eigenvalue weighted by atomic mass is 16.3. The standard InChI is InChI=1S/C18H20N4O2/c1-11(23)13-2-3-14-15(20-13)16(12(10-19)17(24)21-14)22-8-6-18(4-5-18)7-9-22/h2-3,11,23H,4-9H2,1H3,(H,21,24)/t11-/m0/s1. The van der Waals surface area contributed by atoms with E-state index in [0.29, 0.717) is 27.8 Å². The van der Waals surface area contributed by atoms with Gasteiger partial charge in [-0.1, -0.05) is 0 Å². The van der Waals surface area contributed by atoms with E-state index in [1.54, 1.807) is 19.1 Å². The fraction of sp³-hybridized carbons (Fsp3) is 0.500. The molecule has 0 unspecified atom stereocenters. The molecule has 0 amide bonds. The number of fused-ring (bicyclic) bond motifs is 1. The van der Waals surface area contributed by atoms with Crippen LogP contribution in [0.15, 0.2) is 16.9 Å². The molecule has 1 aliphatic carbocycles. The van der Waals surface area contributed by atoms with Gasteiger partial charge in [-0.2, -0.15) is 5.26 Å². The first-order chi connectivity index (χ1) is 11.5. The van der Waals surface area contributed by atoms with Crippen LogP contribution in [0.25, 0.3) is 11.0 Å². The molecule has 0 aromatic carbocycles. The molecule has 6 nitrogen and oxygen atoms in total. The number of nitrogens with one attached hydrogen (secondary N) is 1. The van der Waals surface area contributed by atoms with Crippen LogP contribution in [0.1, 0.15) is 50.0 Å². The largest absolute Gasteiger partial charge is 0.387 e. The van der Waals surface area contributed by atoms with Gasteiger partial charge in [0.2, 0.25) is 0 Å². The Balaban J connectivity index is 1.88. The third-order valence-corrected chi connectivity index (χ3v) is 5.49. The summed E-state index contributed by atoms with van der Waals surface area (Å²) in [4.78, 5) is 21.7. The zero-order chi connectivity index (χ0) is 16.9. The number of anilines is 1. The minimum Gasteiger partial charge on any atom is -0.387 e. The van der Waals surface area contributed by atoms with Crippen molar-refractivity contribution in [2.24, 2.45) is 5.41 Å². The highest BCUT2D eigenvalue weighted by Gasteiger charge is 2.44. The molecule has 1 saturated carbocycles. The maximum absolute atomic E-state index is 12.3. The second-order valence-electron chi connectivity index (χ2n) is 7.08. The van der Waals surface area contributed by atoms with Crippen LogP contribution in [-0.4, -0.2) is 28.2 Å². The van der Waals surface area contributed by atoms with Crippen molar-refractivity contribution < 1.29 is 5.11 Å². The van der Waals surface area contributed by atoms with Crippen LogP contribution in [0.2, 0.25) is 0 Å². The van der Waals surface area contributed by atoms with Crippen molar-refractivity contribution in [3.8, 4) is 6.07 Å². The Bertz CT molecular complexity index is 896. The van der Waals surface area contributed by atoms with Crippen molar-refractivity contribution >= 4 is 16.7 Å². The third kappa shape index (κ3) is 2.36. The number of aliphatic hydroxyl groups is 1. The molecular weight excluding hydrogens is 304 g/mol. The molecule has 6 heteroatoms. The molecule has 2 fully saturated rings. The van der Waals surface area contributed by atoms with Gasteiger partial charge in [0.1, 0.15) is 17.1 Å². The van der Waals surface area contributed by atoms with Gasteiger partial charge in [-0.15, -0.1) is 0 Å². The number of aliphatic hydroxyl groups excluding tert-OH is 1. The molecule has 2 aliphatic rings. The van der Waals surface area contributed by atoms with Crippen molar-refractivity contribution in [2.75, 3.05) is 18.0 Å². The number of rotatable bonds is 2. The number of H-pyrrole nitrogens is 1. The second kappa shape index (κ2) is 5.32. The summed E-state index contributed by atoms with van der Waals surface area (Å²) in [6, 6.07) is 5.51. The summed E-state index contributed by atoms with van der Waals surface area (Å²) in [5.41, 5.74) is 2.60. The summed E-state index contributed by atoms with van der Waals surface area (Å²) in [6.45, 7) is 3.34. The van der Waals surface area contributed by atoms with Gasteiger partial charge in [0.25, 0.3) is 5.56 Å². The van der Waals surface area contributed by atoms with E-state index in [9.17, 15) is 15.2 Å². The van der Waals surface area contributed by atoms with E-state index in [1.807, 2.05) is 0 Å². The van der Waals surface area contributed by atoms with Crippen LogP contribution in [0.3, 0.4) is 0 Å². The quantitative estimate of drug-likeness (QED) is 0.883. The number of hydrogen-bond donors (Lipinski definition) is 2. The molecule has 124 valence electrons. The number of aromatic nitrogens is 2. The Morgan fingerprint density at radius 2 is 2.04 bits per heavy atom. The Morgan fingerprint density at radius 1 is 1.33 bits per heavy atom. The highest BCUT2D eigenvalue weighted by molar-refractivity contribution is 5.91. The SMILES string of the molecule is C[C@H](O)c1ccc2[nH]c(=O)c(C#N)c(N3CCC4(CC3)CC4)c2n1. The number of piperidine rings is 1. The van der Waals surface area contributed by atoms with Crippen LogP contribution in [0.5, 0.6) is 0 Å². The van der Waals surface area contributed by atoms with Crippen molar-refractivity contribution in [2.45, 2.75) is 38.7 Å². The van der Waals surface area contributed by atoms with Gasteiger partial charge >= 0.3 is 0 Å². The summed E-state index contributed by atoms with van der Waals surface area (Å²) in [5, 5.41) is 19.3. The summed E-state index contributed by atoms with van der Waals surface area (Å²) >= 11 is 0. The van der Waals surface area contributed by atoms with Crippen LogP contribution in [0.4, 0.5) is 5.69 Å². The van der Waals surface area contributed by atoms with E-state index in [-0.39, 0.29) is 11.1 Å². The first-order valence-electron chi connectivity index (χ1n) is 8.43. The summed E-state index contributed by atoms with van der Waals surface area (Å²) in [7, 11) is 0. The lowest BCUT2D eigenvalue weighted by atomic mass is 9.93. The minimum atomic E-state index is -0.698. The lowest BCUT2D eigenvalue weighted by molar-refractivity contribution is 0.195. The summed E-state index contributed by atoms with van der Waals surface area (Å²) in [5.74, 6) is 0. The number of nitrogens with zero attached hydrogens (tertiary/aromatic N) is 3. The van der Waals surface area contributed by atoms with Gasteiger partial charge in [0.05, 0.1) is 23.0 Å². The van der Waals surface area contributed by atoms with Crippen LogP contribution < -0.4 is 10.5 Å². The average molecular weight is 324 g/mol. The number of aromatic amines is 1. The molecule has 1 spiro atoms. The van der Waals surface area contributed by atoms with E-state index < -0.39 is 6.10 Å². The normalized spacial score (nSPS) is 20.1. The number of nitriles is 1. The van der Waals surface area contributed by atoms with Gasteiger partial charge in [0, 0.05) is 13.1 Å². The summed E-state index contributed by atoms with van der Waals surface area (Å²) in [6.07, 6.45) is 4.10. The van der Waals surface area contributed by atoms with Gasteiger partial charge in [-0.3, -0.25) is 4.79 Å². The van der Waals surface area contributed by atoms with Crippen LogP contribution >= 0.6 is 0 Å². The Hall–Kier alpha value is -2.39. The number of pyridine rings is 2. The Labute approximate surface area is 139 Å². The van der Waals surface area contributed by atoms with Gasteiger partial charge < -0.3 is 15.0 Å². The molecule has 1 aliphatic heterocycles. The highest BCUT2D eigenvalue weighted by Crippen LogP contribution is 2.54. The second-order valence-corrected chi connectivity index (χ2v) is 7.08. The van der Waals surface area contributed by atoms with E-state index in [4.69, 9.17) is 0 Å².